The molecule has 1 saturated heterocycles. The highest BCUT2D eigenvalue weighted by Crippen LogP contribution is 2.69. The lowest BCUT2D eigenvalue weighted by atomic mass is 9.47. The van der Waals surface area contributed by atoms with Gasteiger partial charge in [-0.05, 0) is 67.4 Å². The van der Waals surface area contributed by atoms with Gasteiger partial charge in [0.25, 0.3) is 5.79 Å². The van der Waals surface area contributed by atoms with Crippen molar-refractivity contribution in [2.75, 3.05) is 7.11 Å². The van der Waals surface area contributed by atoms with Crippen LogP contribution in [-0.4, -0.2) is 17.8 Å². The Morgan fingerprint density at radius 2 is 1.78 bits per heavy atom. The van der Waals surface area contributed by atoms with E-state index >= 15 is 0 Å². The van der Waals surface area contributed by atoms with E-state index in [1.165, 1.54) is 32.1 Å². The number of benzene rings is 1. The molecule has 1 N–H and O–H groups in total. The number of hydrogen-bond donors (Lipinski definition) is 1. The van der Waals surface area contributed by atoms with Gasteiger partial charge in [0.2, 0.25) is 0 Å². The monoisotopic (exact) mass is 316 g/mol. The summed E-state index contributed by atoms with van der Waals surface area (Å²) in [4.78, 5) is 11.7. The topological polar surface area (TPSA) is 47.9 Å². The highest BCUT2D eigenvalue weighted by atomic mass is 17.3. The van der Waals surface area contributed by atoms with Crippen LogP contribution in [0.1, 0.15) is 43.2 Å². The average Bonchev–Trinajstić information content (AvgIpc) is 2.54. The Labute approximate surface area is 136 Å². The lowest BCUT2D eigenvalue weighted by molar-refractivity contribution is -0.645. The van der Waals surface area contributed by atoms with Crippen molar-refractivity contribution >= 4 is 0 Å². The van der Waals surface area contributed by atoms with Gasteiger partial charge in [0, 0.05) is 12.7 Å². The zero-order chi connectivity index (χ0) is 15.7. The SMILES string of the molecule is COC1(c2cccc(CO)c2)OOC12C1CC3CC(C1)CC2C3. The predicted octanol–water partition coefficient (Wildman–Crippen LogP) is 3.13. The molecule has 23 heavy (non-hydrogen) atoms. The van der Waals surface area contributed by atoms with Crippen molar-refractivity contribution in [3.05, 3.63) is 35.4 Å². The highest BCUT2D eigenvalue weighted by molar-refractivity contribution is 5.33. The maximum absolute atomic E-state index is 9.48. The average molecular weight is 316 g/mol. The van der Waals surface area contributed by atoms with Gasteiger partial charge in [-0.3, -0.25) is 0 Å². The van der Waals surface area contributed by atoms with E-state index in [0.717, 1.165) is 23.0 Å². The van der Waals surface area contributed by atoms with Gasteiger partial charge < -0.3 is 9.84 Å². The molecule has 0 aromatic heterocycles. The van der Waals surface area contributed by atoms with Crippen LogP contribution in [-0.2, 0) is 26.9 Å². The maximum Gasteiger partial charge on any atom is 0.260 e. The highest BCUT2D eigenvalue weighted by Gasteiger charge is 2.76. The molecule has 4 bridgehead atoms. The van der Waals surface area contributed by atoms with Gasteiger partial charge >= 0.3 is 0 Å². The minimum atomic E-state index is -0.819. The molecule has 4 heteroatoms. The van der Waals surface area contributed by atoms with Crippen molar-refractivity contribution < 1.29 is 19.6 Å². The number of rotatable bonds is 3. The summed E-state index contributed by atoms with van der Waals surface area (Å²) in [5, 5.41) is 9.48. The van der Waals surface area contributed by atoms with Gasteiger partial charge in [-0.25, -0.2) is 4.89 Å². The zero-order valence-electron chi connectivity index (χ0n) is 13.5. The van der Waals surface area contributed by atoms with E-state index in [2.05, 4.69) is 0 Å². The van der Waals surface area contributed by atoms with Crippen LogP contribution in [0.25, 0.3) is 0 Å². The molecule has 4 saturated carbocycles. The molecule has 0 radical (unpaired) electrons. The van der Waals surface area contributed by atoms with Crippen molar-refractivity contribution in [3.63, 3.8) is 0 Å². The van der Waals surface area contributed by atoms with Crippen LogP contribution < -0.4 is 0 Å². The molecule has 1 atom stereocenters. The Morgan fingerprint density at radius 3 is 2.30 bits per heavy atom. The maximum atomic E-state index is 9.48. The van der Waals surface area contributed by atoms with E-state index in [9.17, 15) is 5.11 Å². The minimum absolute atomic E-state index is 0.0263. The molecular weight excluding hydrogens is 292 g/mol. The van der Waals surface area contributed by atoms with E-state index in [0.29, 0.717) is 11.8 Å². The van der Waals surface area contributed by atoms with Crippen molar-refractivity contribution in [2.24, 2.45) is 23.7 Å². The second-order valence-corrected chi connectivity index (χ2v) is 7.94. The molecule has 5 fully saturated rings. The Morgan fingerprint density at radius 1 is 1.09 bits per heavy atom. The number of methoxy groups -OCH3 is 1. The van der Waals surface area contributed by atoms with Gasteiger partial charge in [-0.2, -0.15) is 4.89 Å². The third-order valence-electron chi connectivity index (χ3n) is 6.94. The number of aliphatic hydroxyl groups excluding tert-OH is 1. The third-order valence-corrected chi connectivity index (χ3v) is 6.94. The van der Waals surface area contributed by atoms with Crippen LogP contribution in [0.15, 0.2) is 24.3 Å². The Bertz CT molecular complexity index is 596. The fourth-order valence-corrected chi connectivity index (χ4v) is 6.23. The van der Waals surface area contributed by atoms with E-state index in [1.54, 1.807) is 7.11 Å². The molecule has 0 amide bonds. The lowest BCUT2D eigenvalue weighted by Crippen LogP contribution is -2.76. The summed E-state index contributed by atoms with van der Waals surface area (Å²) >= 11 is 0. The fourth-order valence-electron chi connectivity index (χ4n) is 6.23. The van der Waals surface area contributed by atoms with Crippen LogP contribution >= 0.6 is 0 Å². The Hall–Kier alpha value is -0.940. The first-order valence-electron chi connectivity index (χ1n) is 8.84. The smallest absolute Gasteiger partial charge is 0.260 e. The summed E-state index contributed by atoms with van der Waals surface area (Å²) in [5.74, 6) is 1.95. The predicted molar refractivity (Wildman–Crippen MR) is 83.0 cm³/mol. The van der Waals surface area contributed by atoms with Crippen LogP contribution in [0, 0.1) is 23.7 Å². The van der Waals surface area contributed by atoms with Gasteiger partial charge in [0.1, 0.15) is 0 Å². The molecule has 6 rings (SSSR count). The third kappa shape index (κ3) is 1.65. The summed E-state index contributed by atoms with van der Waals surface area (Å²) < 4.78 is 6.01. The Balaban J connectivity index is 1.60. The molecule has 1 spiro atoms. The lowest BCUT2D eigenvalue weighted by Gasteiger charge is -2.68. The first-order chi connectivity index (χ1) is 11.2. The second kappa shape index (κ2) is 4.79. The van der Waals surface area contributed by atoms with Gasteiger partial charge in [0.15, 0.2) is 5.60 Å². The zero-order valence-corrected chi connectivity index (χ0v) is 13.5. The second-order valence-electron chi connectivity index (χ2n) is 7.94. The molecule has 1 unspecified atom stereocenters. The molecule has 1 aromatic carbocycles. The molecule has 4 aliphatic carbocycles. The van der Waals surface area contributed by atoms with Gasteiger partial charge in [0.05, 0.1) is 6.61 Å². The number of aliphatic hydroxyl groups is 1. The molecule has 4 nitrogen and oxygen atoms in total. The molecule has 1 aliphatic heterocycles. The van der Waals surface area contributed by atoms with Crippen LogP contribution in [0.2, 0.25) is 0 Å². The van der Waals surface area contributed by atoms with Gasteiger partial charge in [-0.1, -0.05) is 18.2 Å². The molecule has 1 heterocycles. The Kier molecular flexibility index (Phi) is 3.00. The van der Waals surface area contributed by atoms with Crippen LogP contribution in [0.4, 0.5) is 0 Å². The fraction of sp³-hybridized carbons (Fsp3) is 0.684. The number of hydrogen-bond acceptors (Lipinski definition) is 4. The van der Waals surface area contributed by atoms with Crippen LogP contribution in [0.5, 0.6) is 0 Å². The summed E-state index contributed by atoms with van der Waals surface area (Å²) in [7, 11) is 1.72. The molecular formula is C19H24O4. The number of ether oxygens (including phenoxy) is 1. The minimum Gasteiger partial charge on any atom is -0.392 e. The van der Waals surface area contributed by atoms with Crippen molar-refractivity contribution in [2.45, 2.75) is 50.1 Å². The standard InChI is InChI=1S/C19H24O4/c1-21-19(15-4-2-3-12(6-15)11-20)18(22-23-19)16-7-13-5-14(9-16)10-17(18)8-13/h2-4,6,13-14,16-17,20H,5,7-11H2,1H3. The van der Waals surface area contributed by atoms with E-state index in [-0.39, 0.29) is 12.2 Å². The van der Waals surface area contributed by atoms with Crippen molar-refractivity contribution in [3.8, 4) is 0 Å². The van der Waals surface area contributed by atoms with E-state index in [4.69, 9.17) is 14.5 Å². The first-order valence-corrected chi connectivity index (χ1v) is 8.84. The van der Waals surface area contributed by atoms with Crippen molar-refractivity contribution in [1.29, 1.82) is 0 Å². The van der Waals surface area contributed by atoms with Gasteiger partial charge in [-0.15, -0.1) is 0 Å². The summed E-state index contributed by atoms with van der Waals surface area (Å²) in [6.07, 6.45) is 6.36. The summed E-state index contributed by atoms with van der Waals surface area (Å²) in [5.41, 5.74) is 1.52. The molecule has 1 aromatic rings. The quantitative estimate of drug-likeness (QED) is 0.870. The molecule has 124 valence electrons. The molecule has 5 aliphatic rings. The summed E-state index contributed by atoms with van der Waals surface area (Å²) in [6, 6.07) is 7.93. The first kappa shape index (κ1) is 14.4. The summed E-state index contributed by atoms with van der Waals surface area (Å²) in [6.45, 7) is 0.0263. The van der Waals surface area contributed by atoms with Crippen LogP contribution in [0.3, 0.4) is 0 Å². The van der Waals surface area contributed by atoms with Crippen molar-refractivity contribution in [1.82, 2.24) is 0 Å². The van der Waals surface area contributed by atoms with E-state index < -0.39 is 5.79 Å². The largest absolute Gasteiger partial charge is 0.392 e. The normalized spacial score (nSPS) is 47.0. The van der Waals surface area contributed by atoms with E-state index in [1.807, 2.05) is 24.3 Å².